The molecule has 0 saturated carbocycles. The third-order valence-electron chi connectivity index (χ3n) is 5.91. The zero-order valence-corrected chi connectivity index (χ0v) is 19.5. The second-order valence-electron chi connectivity index (χ2n) is 9.12. The molecule has 1 unspecified atom stereocenters. The van der Waals surface area contributed by atoms with Gasteiger partial charge in [-0.1, -0.05) is 50.2 Å². The van der Waals surface area contributed by atoms with Gasteiger partial charge in [0.15, 0.2) is 5.16 Å². The second kappa shape index (κ2) is 7.85. The van der Waals surface area contributed by atoms with Crippen LogP contribution in [-0.2, 0) is 17.6 Å². The molecular weight excluding hydrogens is 414 g/mol. The summed E-state index contributed by atoms with van der Waals surface area (Å²) in [5.41, 5.74) is 8.60. The molecule has 2 N–H and O–H groups in total. The molecule has 0 saturated heterocycles. The lowest BCUT2D eigenvalue weighted by Gasteiger charge is -2.33. The van der Waals surface area contributed by atoms with E-state index in [4.69, 9.17) is 10.7 Å². The molecule has 3 aromatic rings. The van der Waals surface area contributed by atoms with Crippen molar-refractivity contribution in [2.45, 2.75) is 52.1 Å². The van der Waals surface area contributed by atoms with Gasteiger partial charge in [-0.25, -0.2) is 4.98 Å². The largest absolute Gasteiger partial charge is 0.369 e. The molecule has 1 amide bonds. The van der Waals surface area contributed by atoms with Crippen LogP contribution in [0.1, 0.15) is 43.2 Å². The van der Waals surface area contributed by atoms with Crippen LogP contribution in [0.3, 0.4) is 0 Å². The summed E-state index contributed by atoms with van der Waals surface area (Å²) in [4.78, 5) is 32.0. The molecule has 30 heavy (non-hydrogen) atoms. The van der Waals surface area contributed by atoms with E-state index < -0.39 is 5.91 Å². The Labute approximate surface area is 184 Å². The Bertz CT molecular complexity index is 1170. The minimum absolute atomic E-state index is 0.0532. The fourth-order valence-electron chi connectivity index (χ4n) is 4.10. The van der Waals surface area contributed by atoms with Crippen LogP contribution in [0.4, 0.5) is 0 Å². The fourth-order valence-corrected chi connectivity index (χ4v) is 6.19. The van der Waals surface area contributed by atoms with Crippen LogP contribution in [0.2, 0.25) is 0 Å². The topological polar surface area (TPSA) is 78.0 Å². The number of primary amides is 1. The first-order valence-electron chi connectivity index (χ1n) is 10.2. The Kier molecular flexibility index (Phi) is 5.53. The summed E-state index contributed by atoms with van der Waals surface area (Å²) < 4.78 is 1.64. The van der Waals surface area contributed by atoms with Crippen molar-refractivity contribution in [2.24, 2.45) is 17.1 Å². The molecular formula is C23H27N3O2S2. The molecule has 0 radical (unpaired) electrons. The van der Waals surface area contributed by atoms with E-state index in [0.29, 0.717) is 11.1 Å². The van der Waals surface area contributed by atoms with Crippen molar-refractivity contribution >= 4 is 39.2 Å². The minimum Gasteiger partial charge on any atom is -0.369 e. The Morgan fingerprint density at radius 2 is 2.00 bits per heavy atom. The molecule has 4 rings (SSSR count). The second-order valence-corrected chi connectivity index (χ2v) is 11.1. The van der Waals surface area contributed by atoms with Gasteiger partial charge in [-0.3, -0.25) is 14.2 Å². The number of amides is 1. The summed E-state index contributed by atoms with van der Waals surface area (Å²) in [6, 6.07) is 7.80. The Balaban J connectivity index is 1.90. The maximum absolute atomic E-state index is 13.7. The summed E-state index contributed by atoms with van der Waals surface area (Å²) in [7, 11) is 0. The maximum atomic E-state index is 13.7. The lowest BCUT2D eigenvalue weighted by atomic mass is 9.72. The van der Waals surface area contributed by atoms with Crippen LogP contribution in [0, 0.1) is 18.3 Å². The van der Waals surface area contributed by atoms with E-state index in [1.54, 1.807) is 15.9 Å². The molecule has 2 heterocycles. The van der Waals surface area contributed by atoms with Gasteiger partial charge < -0.3 is 5.73 Å². The number of carbonyl (C=O) groups excluding carboxylic acids is 1. The molecule has 2 aromatic heterocycles. The number of thioether (sulfide) groups is 1. The number of benzene rings is 1. The van der Waals surface area contributed by atoms with E-state index in [2.05, 4.69) is 20.8 Å². The summed E-state index contributed by atoms with van der Waals surface area (Å²) in [6.07, 6.45) is 2.99. The first-order chi connectivity index (χ1) is 14.1. The lowest BCUT2D eigenvalue weighted by Crippen LogP contribution is -2.27. The molecule has 0 bridgehead atoms. The van der Waals surface area contributed by atoms with Gasteiger partial charge in [-0.05, 0) is 55.2 Å². The number of nitrogens with zero attached hydrogens (tertiary/aromatic N) is 2. The van der Waals surface area contributed by atoms with Gasteiger partial charge in [0.25, 0.3) is 5.56 Å². The quantitative estimate of drug-likeness (QED) is 0.478. The first-order valence-corrected chi connectivity index (χ1v) is 12.0. The fraction of sp³-hybridized carbons (Fsp3) is 0.435. The van der Waals surface area contributed by atoms with Crippen LogP contribution >= 0.6 is 23.1 Å². The summed E-state index contributed by atoms with van der Waals surface area (Å²) in [6.45, 7) is 8.88. The molecule has 1 atom stereocenters. The number of hydrogen-bond acceptors (Lipinski definition) is 5. The SMILES string of the molecule is Cc1ccc(-n2c(SCC(N)=O)nc3sc4c(c3c2=O)CCC(C(C)(C)C)C4)cc1. The monoisotopic (exact) mass is 441 g/mol. The summed E-state index contributed by atoms with van der Waals surface area (Å²) in [5, 5.41) is 1.26. The average molecular weight is 442 g/mol. The molecule has 0 fully saturated rings. The van der Waals surface area contributed by atoms with E-state index >= 15 is 0 Å². The number of aromatic nitrogens is 2. The van der Waals surface area contributed by atoms with Gasteiger partial charge in [-0.2, -0.15) is 0 Å². The van der Waals surface area contributed by atoms with Gasteiger partial charge in [0.1, 0.15) is 4.83 Å². The Hall–Kier alpha value is -2.12. The van der Waals surface area contributed by atoms with Crippen LogP contribution in [-0.4, -0.2) is 21.2 Å². The zero-order chi connectivity index (χ0) is 21.6. The van der Waals surface area contributed by atoms with Gasteiger partial charge in [0, 0.05) is 4.88 Å². The van der Waals surface area contributed by atoms with Crippen molar-refractivity contribution < 1.29 is 4.79 Å². The molecule has 158 valence electrons. The van der Waals surface area contributed by atoms with Crippen molar-refractivity contribution in [2.75, 3.05) is 5.75 Å². The zero-order valence-electron chi connectivity index (χ0n) is 17.8. The van der Waals surface area contributed by atoms with Crippen molar-refractivity contribution in [3.05, 3.63) is 50.6 Å². The van der Waals surface area contributed by atoms with Gasteiger partial charge >= 0.3 is 0 Å². The predicted molar refractivity (Wildman–Crippen MR) is 125 cm³/mol. The van der Waals surface area contributed by atoms with Crippen LogP contribution < -0.4 is 11.3 Å². The van der Waals surface area contributed by atoms with Crippen molar-refractivity contribution in [3.8, 4) is 5.69 Å². The highest BCUT2D eigenvalue weighted by atomic mass is 32.2. The van der Waals surface area contributed by atoms with Crippen molar-refractivity contribution in [3.63, 3.8) is 0 Å². The third-order valence-corrected chi connectivity index (χ3v) is 8.02. The Morgan fingerprint density at radius 3 is 2.63 bits per heavy atom. The number of aryl methyl sites for hydroxylation is 2. The maximum Gasteiger partial charge on any atom is 0.267 e. The van der Waals surface area contributed by atoms with E-state index in [0.717, 1.165) is 40.7 Å². The Morgan fingerprint density at radius 1 is 1.30 bits per heavy atom. The van der Waals surface area contributed by atoms with Crippen molar-refractivity contribution in [1.82, 2.24) is 9.55 Å². The highest BCUT2D eigenvalue weighted by Crippen LogP contribution is 2.42. The average Bonchev–Trinajstić information content (AvgIpc) is 3.04. The molecule has 7 heteroatoms. The third kappa shape index (κ3) is 3.93. The standard InChI is InChI=1S/C23H27N3O2S2/c1-13-5-8-15(9-6-13)26-21(28)19-16-10-7-14(23(2,3)4)11-17(16)30-20(19)25-22(26)29-12-18(24)27/h5-6,8-9,14H,7,10-12H2,1-4H3,(H2,24,27). The van der Waals surface area contributed by atoms with Gasteiger partial charge in [0.05, 0.1) is 16.8 Å². The van der Waals surface area contributed by atoms with Crippen LogP contribution in [0.25, 0.3) is 15.9 Å². The number of nitrogens with two attached hydrogens (primary N) is 1. The molecule has 1 aliphatic carbocycles. The molecule has 1 aliphatic rings. The lowest BCUT2D eigenvalue weighted by molar-refractivity contribution is -0.115. The minimum atomic E-state index is -0.428. The molecule has 0 spiro atoms. The predicted octanol–water partition coefficient (Wildman–Crippen LogP) is 4.48. The summed E-state index contributed by atoms with van der Waals surface area (Å²) in [5.74, 6) is 0.255. The van der Waals surface area contributed by atoms with Gasteiger partial charge in [-0.15, -0.1) is 11.3 Å². The van der Waals surface area contributed by atoms with E-state index in [1.165, 1.54) is 22.2 Å². The number of hydrogen-bond donors (Lipinski definition) is 1. The van der Waals surface area contributed by atoms with Crippen molar-refractivity contribution in [1.29, 1.82) is 0 Å². The first kappa shape index (κ1) is 21.1. The number of thiophene rings is 1. The summed E-state index contributed by atoms with van der Waals surface area (Å²) >= 11 is 2.85. The molecule has 5 nitrogen and oxygen atoms in total. The van der Waals surface area contributed by atoms with Crippen LogP contribution in [0.15, 0.2) is 34.2 Å². The number of fused-ring (bicyclic) bond motifs is 3. The molecule has 1 aromatic carbocycles. The van der Waals surface area contributed by atoms with E-state index in [-0.39, 0.29) is 16.7 Å². The highest BCUT2D eigenvalue weighted by Gasteiger charge is 2.32. The smallest absolute Gasteiger partial charge is 0.267 e. The van der Waals surface area contributed by atoms with E-state index in [9.17, 15) is 9.59 Å². The van der Waals surface area contributed by atoms with Gasteiger partial charge in [0.2, 0.25) is 5.91 Å². The van der Waals surface area contributed by atoms with Crippen LogP contribution in [0.5, 0.6) is 0 Å². The van der Waals surface area contributed by atoms with E-state index in [1.807, 2.05) is 31.2 Å². The number of rotatable bonds is 4. The number of carbonyl (C=O) groups is 1. The normalized spacial score (nSPS) is 16.6. The highest BCUT2D eigenvalue weighted by molar-refractivity contribution is 7.99. The molecule has 0 aliphatic heterocycles.